The molecule has 0 spiro atoms. The molecule has 0 aromatic heterocycles. The fourth-order valence-electron chi connectivity index (χ4n) is 3.35. The number of carbonyl (C=O) groups excluding carboxylic acids is 2. The normalized spacial score (nSPS) is 15.1. The molecule has 0 bridgehead atoms. The Morgan fingerprint density at radius 2 is 1.79 bits per heavy atom. The number of nitrogens with zero attached hydrogens (tertiary/aromatic N) is 1. The van der Waals surface area contributed by atoms with Crippen molar-refractivity contribution in [1.82, 2.24) is 10.2 Å². The van der Waals surface area contributed by atoms with Crippen molar-refractivity contribution in [3.63, 3.8) is 0 Å². The number of amides is 1. The largest absolute Gasteiger partial charge is 0.490 e. The third kappa shape index (κ3) is 6.71. The molecule has 0 unspecified atom stereocenters. The zero-order valence-electron chi connectivity index (χ0n) is 17.2. The molecule has 7 nitrogen and oxygen atoms in total. The molecule has 1 aliphatic heterocycles. The molecule has 0 aliphatic carbocycles. The van der Waals surface area contributed by atoms with Gasteiger partial charge in [0.25, 0.3) is 0 Å². The smallest absolute Gasteiger partial charge is 0.308 e. The molecule has 1 N–H and O–H groups in total. The SMILES string of the molecule is CCOc1ccc(CCNC(=O)CN2CCC(C(=O)OC)CC2)cc1OCC. The third-order valence-electron chi connectivity index (χ3n) is 4.83. The molecule has 1 amide bonds. The van der Waals surface area contributed by atoms with Gasteiger partial charge in [-0.05, 0) is 63.9 Å². The molecular formula is C21H32N2O5. The molecule has 0 radical (unpaired) electrons. The predicted octanol–water partition coefficient (Wildman–Crippen LogP) is 2.03. The van der Waals surface area contributed by atoms with Gasteiger partial charge in [0.05, 0.1) is 32.8 Å². The molecule has 1 aliphatic rings. The van der Waals surface area contributed by atoms with Gasteiger partial charge in [-0.2, -0.15) is 0 Å². The van der Waals surface area contributed by atoms with Crippen LogP contribution in [0.3, 0.4) is 0 Å². The summed E-state index contributed by atoms with van der Waals surface area (Å²) in [5.41, 5.74) is 1.09. The number of methoxy groups -OCH3 is 1. The molecular weight excluding hydrogens is 360 g/mol. The summed E-state index contributed by atoms with van der Waals surface area (Å²) in [7, 11) is 1.42. The van der Waals surface area contributed by atoms with Crippen molar-refractivity contribution in [2.24, 2.45) is 5.92 Å². The second kappa shape index (κ2) is 11.5. The Labute approximate surface area is 167 Å². The topological polar surface area (TPSA) is 77.1 Å². The van der Waals surface area contributed by atoms with Crippen LogP contribution in [0.15, 0.2) is 18.2 Å². The Bertz CT molecular complexity index is 642. The highest BCUT2D eigenvalue weighted by Gasteiger charge is 2.26. The van der Waals surface area contributed by atoms with Gasteiger partial charge in [-0.25, -0.2) is 0 Å². The van der Waals surface area contributed by atoms with Crippen molar-refractivity contribution in [3.05, 3.63) is 23.8 Å². The van der Waals surface area contributed by atoms with E-state index < -0.39 is 0 Å². The van der Waals surface area contributed by atoms with Crippen LogP contribution in [-0.2, 0) is 20.7 Å². The van der Waals surface area contributed by atoms with Gasteiger partial charge in [0.2, 0.25) is 5.91 Å². The number of rotatable bonds is 10. The highest BCUT2D eigenvalue weighted by atomic mass is 16.5. The molecule has 0 saturated carbocycles. The van der Waals surface area contributed by atoms with Crippen LogP contribution >= 0.6 is 0 Å². The highest BCUT2D eigenvalue weighted by Crippen LogP contribution is 2.28. The van der Waals surface area contributed by atoms with Crippen LogP contribution in [0.4, 0.5) is 0 Å². The number of hydrogen-bond acceptors (Lipinski definition) is 6. The summed E-state index contributed by atoms with van der Waals surface area (Å²) >= 11 is 0. The number of benzene rings is 1. The van der Waals surface area contributed by atoms with Crippen LogP contribution in [0.25, 0.3) is 0 Å². The molecule has 1 heterocycles. The van der Waals surface area contributed by atoms with E-state index >= 15 is 0 Å². The monoisotopic (exact) mass is 392 g/mol. The molecule has 0 atom stereocenters. The first-order chi connectivity index (χ1) is 13.6. The molecule has 1 fully saturated rings. The van der Waals surface area contributed by atoms with E-state index in [2.05, 4.69) is 10.2 Å². The fraction of sp³-hybridized carbons (Fsp3) is 0.619. The van der Waals surface area contributed by atoms with Crippen molar-refractivity contribution < 1.29 is 23.8 Å². The lowest BCUT2D eigenvalue weighted by molar-refractivity contribution is -0.147. The van der Waals surface area contributed by atoms with Crippen LogP contribution in [-0.4, -0.2) is 63.3 Å². The van der Waals surface area contributed by atoms with Crippen LogP contribution < -0.4 is 14.8 Å². The van der Waals surface area contributed by atoms with Gasteiger partial charge in [-0.1, -0.05) is 6.07 Å². The first kappa shape index (κ1) is 22.0. The lowest BCUT2D eigenvalue weighted by Gasteiger charge is -2.29. The molecule has 28 heavy (non-hydrogen) atoms. The summed E-state index contributed by atoms with van der Waals surface area (Å²) in [6.07, 6.45) is 2.21. The van der Waals surface area contributed by atoms with E-state index in [0.29, 0.717) is 26.3 Å². The van der Waals surface area contributed by atoms with Gasteiger partial charge >= 0.3 is 5.97 Å². The Balaban J connectivity index is 1.73. The summed E-state index contributed by atoms with van der Waals surface area (Å²) < 4.78 is 16.0. The predicted molar refractivity (Wildman–Crippen MR) is 107 cm³/mol. The van der Waals surface area contributed by atoms with E-state index in [-0.39, 0.29) is 17.8 Å². The second-order valence-corrected chi connectivity index (χ2v) is 6.82. The Morgan fingerprint density at radius 1 is 1.11 bits per heavy atom. The molecule has 7 heteroatoms. The van der Waals surface area contributed by atoms with Gasteiger partial charge in [-0.15, -0.1) is 0 Å². The lowest BCUT2D eigenvalue weighted by Crippen LogP contribution is -2.43. The maximum atomic E-state index is 12.2. The summed E-state index contributed by atoms with van der Waals surface area (Å²) in [6.45, 7) is 7.46. The number of nitrogens with one attached hydrogen (secondary N) is 1. The zero-order chi connectivity index (χ0) is 20.4. The Kier molecular flexibility index (Phi) is 9.07. The number of likely N-dealkylation sites (tertiary alicyclic amines) is 1. The first-order valence-corrected chi connectivity index (χ1v) is 10.0. The minimum Gasteiger partial charge on any atom is -0.490 e. The third-order valence-corrected chi connectivity index (χ3v) is 4.83. The van der Waals surface area contributed by atoms with Crippen LogP contribution in [0, 0.1) is 5.92 Å². The summed E-state index contributed by atoms with van der Waals surface area (Å²) in [5.74, 6) is 1.30. The van der Waals surface area contributed by atoms with Crippen molar-refractivity contribution in [1.29, 1.82) is 0 Å². The van der Waals surface area contributed by atoms with E-state index in [1.807, 2.05) is 32.0 Å². The standard InChI is InChI=1S/C21H32N2O5/c1-4-27-18-7-6-16(14-19(18)28-5-2)8-11-22-20(24)15-23-12-9-17(10-13-23)21(25)26-3/h6-7,14,17H,4-5,8-13,15H2,1-3H3,(H,22,24). The van der Waals surface area contributed by atoms with Gasteiger partial charge in [0, 0.05) is 6.54 Å². The van der Waals surface area contributed by atoms with Gasteiger partial charge in [0.1, 0.15) is 0 Å². The van der Waals surface area contributed by atoms with E-state index in [1.165, 1.54) is 7.11 Å². The highest BCUT2D eigenvalue weighted by molar-refractivity contribution is 5.78. The summed E-state index contributed by atoms with van der Waals surface area (Å²) in [6, 6.07) is 5.88. The van der Waals surface area contributed by atoms with E-state index in [0.717, 1.165) is 49.4 Å². The van der Waals surface area contributed by atoms with Gasteiger partial charge in [-0.3, -0.25) is 14.5 Å². The van der Waals surface area contributed by atoms with Crippen molar-refractivity contribution in [2.45, 2.75) is 33.1 Å². The molecule has 1 aromatic rings. The van der Waals surface area contributed by atoms with Crippen LogP contribution in [0.2, 0.25) is 0 Å². The van der Waals surface area contributed by atoms with Crippen LogP contribution in [0.1, 0.15) is 32.3 Å². The van der Waals surface area contributed by atoms with Crippen molar-refractivity contribution in [2.75, 3.05) is 46.5 Å². The second-order valence-electron chi connectivity index (χ2n) is 6.82. The number of piperidine rings is 1. The number of ether oxygens (including phenoxy) is 3. The molecule has 1 aromatic carbocycles. The number of hydrogen-bond donors (Lipinski definition) is 1. The zero-order valence-corrected chi connectivity index (χ0v) is 17.2. The Hall–Kier alpha value is -2.28. The summed E-state index contributed by atoms with van der Waals surface area (Å²) in [5, 5.41) is 2.97. The number of esters is 1. The van der Waals surface area contributed by atoms with Gasteiger partial charge < -0.3 is 19.5 Å². The summed E-state index contributed by atoms with van der Waals surface area (Å²) in [4.78, 5) is 25.8. The Morgan fingerprint density at radius 3 is 2.43 bits per heavy atom. The quantitative estimate of drug-likeness (QED) is 0.614. The van der Waals surface area contributed by atoms with E-state index in [9.17, 15) is 9.59 Å². The van der Waals surface area contributed by atoms with Crippen LogP contribution in [0.5, 0.6) is 11.5 Å². The van der Waals surface area contributed by atoms with E-state index in [1.54, 1.807) is 0 Å². The minimum absolute atomic E-state index is 0.00693. The number of carbonyl (C=O) groups is 2. The lowest BCUT2D eigenvalue weighted by atomic mass is 9.97. The molecule has 2 rings (SSSR count). The maximum absolute atomic E-state index is 12.2. The van der Waals surface area contributed by atoms with Gasteiger partial charge in [0.15, 0.2) is 11.5 Å². The fourth-order valence-corrected chi connectivity index (χ4v) is 3.35. The molecule has 156 valence electrons. The van der Waals surface area contributed by atoms with E-state index in [4.69, 9.17) is 14.2 Å². The van der Waals surface area contributed by atoms with Crippen molar-refractivity contribution >= 4 is 11.9 Å². The average molecular weight is 392 g/mol. The average Bonchev–Trinajstić information content (AvgIpc) is 2.70. The minimum atomic E-state index is -0.147. The maximum Gasteiger partial charge on any atom is 0.308 e. The van der Waals surface area contributed by atoms with Crippen molar-refractivity contribution in [3.8, 4) is 11.5 Å². The molecule has 1 saturated heterocycles. The first-order valence-electron chi connectivity index (χ1n) is 10.0.